The first-order valence-corrected chi connectivity index (χ1v) is 12.6. The number of nitrogens with zero attached hydrogens (tertiary/aromatic N) is 2. The third-order valence-electron chi connectivity index (χ3n) is 9.83. The van der Waals surface area contributed by atoms with Crippen LogP contribution in [0.4, 0.5) is 0 Å². The fraction of sp³-hybridized carbons (Fsp3) is 0.778. The number of hydrogen-bond acceptors (Lipinski definition) is 4. The Balaban J connectivity index is 1.61. The zero-order valence-electron chi connectivity index (χ0n) is 20.1. The standard InChI is InChI=1S/C27H42N2O2/c1-17(2)7-6-8-18(3)21-9-10-22-20-16-25(29-31)24-15-19(28-30)11-13-27(24,5)23(20)12-14-26(21,22)4/h6,8,15,17-18,20-23,30-31H,7,9-14,16H2,1-5H3/b8-6+,28-19+,29-25-/t18-,20?,21?,22?,23?,26?,27?/m1/s1. The van der Waals surface area contributed by atoms with E-state index in [2.05, 4.69) is 57.1 Å². The van der Waals surface area contributed by atoms with E-state index in [9.17, 15) is 10.4 Å². The van der Waals surface area contributed by atoms with Crippen molar-refractivity contribution in [2.45, 2.75) is 86.0 Å². The van der Waals surface area contributed by atoms with Crippen molar-refractivity contribution < 1.29 is 10.4 Å². The van der Waals surface area contributed by atoms with Crippen molar-refractivity contribution in [3.8, 4) is 0 Å². The molecule has 7 atom stereocenters. The number of allylic oxidation sites excluding steroid dienone is 4. The molecule has 3 saturated carbocycles. The molecule has 2 N–H and O–H groups in total. The van der Waals surface area contributed by atoms with Crippen molar-refractivity contribution in [2.75, 3.05) is 0 Å². The maximum atomic E-state index is 9.92. The molecule has 0 heterocycles. The van der Waals surface area contributed by atoms with Gasteiger partial charge in [-0.25, -0.2) is 0 Å². The van der Waals surface area contributed by atoms with E-state index in [1.807, 2.05) is 6.08 Å². The highest BCUT2D eigenvalue weighted by molar-refractivity contribution is 6.09. The predicted octanol–water partition coefficient (Wildman–Crippen LogP) is 7.07. The molecule has 172 valence electrons. The minimum atomic E-state index is 0.0286. The van der Waals surface area contributed by atoms with Crippen LogP contribution in [-0.2, 0) is 0 Å². The Bertz CT molecular complexity index is 810. The Hall–Kier alpha value is -1.58. The van der Waals surface area contributed by atoms with Gasteiger partial charge in [-0.3, -0.25) is 0 Å². The molecule has 4 nitrogen and oxygen atoms in total. The summed E-state index contributed by atoms with van der Waals surface area (Å²) in [6.45, 7) is 12.0. The smallest absolute Gasteiger partial charge is 0.0836 e. The van der Waals surface area contributed by atoms with Gasteiger partial charge < -0.3 is 10.4 Å². The topological polar surface area (TPSA) is 65.2 Å². The summed E-state index contributed by atoms with van der Waals surface area (Å²) in [6.07, 6.45) is 15.9. The zero-order chi connectivity index (χ0) is 22.4. The molecule has 0 radical (unpaired) electrons. The van der Waals surface area contributed by atoms with Crippen molar-refractivity contribution in [3.63, 3.8) is 0 Å². The minimum absolute atomic E-state index is 0.0286. The fourth-order valence-electron chi connectivity index (χ4n) is 8.20. The number of rotatable bonds is 4. The summed E-state index contributed by atoms with van der Waals surface area (Å²) < 4.78 is 0. The van der Waals surface area contributed by atoms with Crippen LogP contribution in [0.3, 0.4) is 0 Å². The highest BCUT2D eigenvalue weighted by Crippen LogP contribution is 2.67. The van der Waals surface area contributed by atoms with Gasteiger partial charge in [0, 0.05) is 0 Å². The van der Waals surface area contributed by atoms with E-state index < -0.39 is 0 Å². The van der Waals surface area contributed by atoms with Crippen molar-refractivity contribution in [2.24, 2.45) is 56.6 Å². The molecule has 4 rings (SSSR count). The summed E-state index contributed by atoms with van der Waals surface area (Å²) >= 11 is 0. The lowest BCUT2D eigenvalue weighted by atomic mass is 9.46. The van der Waals surface area contributed by atoms with Gasteiger partial charge in [0.05, 0.1) is 11.4 Å². The molecule has 4 heteroatoms. The van der Waals surface area contributed by atoms with Crippen molar-refractivity contribution in [1.29, 1.82) is 0 Å². The third-order valence-corrected chi connectivity index (χ3v) is 9.83. The van der Waals surface area contributed by atoms with Gasteiger partial charge in [-0.2, -0.15) is 0 Å². The van der Waals surface area contributed by atoms with Gasteiger partial charge in [-0.15, -0.1) is 0 Å². The molecule has 0 aliphatic heterocycles. The normalized spacial score (nSPS) is 43.7. The van der Waals surface area contributed by atoms with E-state index in [-0.39, 0.29) is 5.41 Å². The van der Waals surface area contributed by atoms with Crippen LogP contribution in [0.25, 0.3) is 0 Å². The summed E-state index contributed by atoms with van der Waals surface area (Å²) in [7, 11) is 0. The second kappa shape index (κ2) is 8.41. The maximum absolute atomic E-state index is 9.92. The van der Waals surface area contributed by atoms with Gasteiger partial charge in [0.25, 0.3) is 0 Å². The molecule has 0 saturated heterocycles. The van der Waals surface area contributed by atoms with Gasteiger partial charge in [0.1, 0.15) is 0 Å². The molecule has 3 fully saturated rings. The third kappa shape index (κ3) is 3.68. The van der Waals surface area contributed by atoms with Crippen molar-refractivity contribution in [3.05, 3.63) is 23.8 Å². The molecular formula is C27H42N2O2. The average Bonchev–Trinajstić information content (AvgIpc) is 3.09. The molecule has 0 aromatic carbocycles. The molecule has 4 aliphatic carbocycles. The van der Waals surface area contributed by atoms with Crippen LogP contribution < -0.4 is 0 Å². The summed E-state index contributed by atoms with van der Waals surface area (Å²) in [5.74, 6) is 4.04. The summed E-state index contributed by atoms with van der Waals surface area (Å²) in [5, 5.41) is 26.5. The lowest BCUT2D eigenvalue weighted by Crippen LogP contribution is -2.53. The Morgan fingerprint density at radius 1 is 1.06 bits per heavy atom. The fourth-order valence-corrected chi connectivity index (χ4v) is 8.20. The van der Waals surface area contributed by atoms with Gasteiger partial charge in [-0.05, 0) is 109 Å². The molecular weight excluding hydrogens is 384 g/mol. The maximum Gasteiger partial charge on any atom is 0.0836 e. The van der Waals surface area contributed by atoms with Gasteiger partial charge >= 0.3 is 0 Å². The zero-order valence-corrected chi connectivity index (χ0v) is 20.1. The van der Waals surface area contributed by atoms with Crippen LogP contribution in [0.5, 0.6) is 0 Å². The molecule has 6 unspecified atom stereocenters. The molecule has 0 bridgehead atoms. The van der Waals surface area contributed by atoms with Crippen LogP contribution in [0, 0.1) is 46.3 Å². The molecule has 0 aromatic rings. The number of fused-ring (bicyclic) bond motifs is 5. The van der Waals surface area contributed by atoms with Crippen molar-refractivity contribution in [1.82, 2.24) is 0 Å². The summed E-state index contributed by atoms with van der Waals surface area (Å²) in [6, 6.07) is 0. The largest absolute Gasteiger partial charge is 0.411 e. The SMILES string of the molecule is CC(C)C/C=C/[C@@H](C)C1CCC2C3C/C(=N/O)C4=C/C(=N/O)CCC4(C)C3CCC21C. The van der Waals surface area contributed by atoms with Gasteiger partial charge in [0.2, 0.25) is 0 Å². The van der Waals surface area contributed by atoms with Crippen LogP contribution in [0.2, 0.25) is 0 Å². The average molecular weight is 427 g/mol. The lowest BCUT2D eigenvalue weighted by Gasteiger charge is -2.58. The van der Waals surface area contributed by atoms with Crippen LogP contribution >= 0.6 is 0 Å². The molecule has 31 heavy (non-hydrogen) atoms. The van der Waals surface area contributed by atoms with Gasteiger partial charge in [0.15, 0.2) is 0 Å². The quantitative estimate of drug-likeness (QED) is 0.287. The first-order valence-electron chi connectivity index (χ1n) is 12.6. The molecule has 4 aliphatic rings. The van der Waals surface area contributed by atoms with Crippen LogP contribution in [0.1, 0.15) is 86.0 Å². The molecule has 0 spiro atoms. The van der Waals surface area contributed by atoms with E-state index in [0.29, 0.717) is 29.1 Å². The highest BCUT2D eigenvalue weighted by Gasteiger charge is 2.60. The predicted molar refractivity (Wildman–Crippen MR) is 127 cm³/mol. The molecule has 0 amide bonds. The Morgan fingerprint density at radius 2 is 1.84 bits per heavy atom. The van der Waals surface area contributed by atoms with Crippen LogP contribution in [-0.4, -0.2) is 21.8 Å². The Kier molecular flexibility index (Phi) is 6.13. The highest BCUT2D eigenvalue weighted by atomic mass is 16.4. The number of oxime groups is 2. The van der Waals surface area contributed by atoms with E-state index in [1.165, 1.54) is 32.1 Å². The second-order valence-electron chi connectivity index (χ2n) is 11.8. The summed E-state index contributed by atoms with van der Waals surface area (Å²) in [4.78, 5) is 0. The summed E-state index contributed by atoms with van der Waals surface area (Å²) in [5.41, 5.74) is 3.09. The second-order valence-corrected chi connectivity index (χ2v) is 11.8. The van der Waals surface area contributed by atoms with E-state index in [1.54, 1.807) is 0 Å². The lowest BCUT2D eigenvalue weighted by molar-refractivity contribution is -0.0384. The first-order chi connectivity index (χ1) is 14.7. The Labute approximate surface area is 188 Å². The number of hydrogen-bond donors (Lipinski definition) is 2. The molecule has 0 aromatic heterocycles. The van der Waals surface area contributed by atoms with E-state index in [4.69, 9.17) is 0 Å². The van der Waals surface area contributed by atoms with E-state index in [0.717, 1.165) is 48.1 Å². The van der Waals surface area contributed by atoms with Crippen molar-refractivity contribution >= 4 is 11.4 Å². The minimum Gasteiger partial charge on any atom is -0.411 e. The van der Waals surface area contributed by atoms with Crippen LogP contribution in [0.15, 0.2) is 34.1 Å². The Morgan fingerprint density at radius 3 is 2.52 bits per heavy atom. The first kappa shape index (κ1) is 22.6. The van der Waals surface area contributed by atoms with E-state index >= 15 is 0 Å². The van der Waals surface area contributed by atoms with Gasteiger partial charge in [-0.1, -0.05) is 57.1 Å². The monoisotopic (exact) mass is 426 g/mol.